The van der Waals surface area contributed by atoms with Crippen LogP contribution in [0.5, 0.6) is 0 Å². The molecule has 8 heteroatoms. The van der Waals surface area contributed by atoms with Gasteiger partial charge in [0, 0.05) is 33.4 Å². The second-order valence-corrected chi connectivity index (χ2v) is 24.8. The molecule has 2 spiro atoms. The Kier molecular flexibility index (Phi) is 11.1. The molecule has 94 heavy (non-hydrogen) atoms. The number of benzene rings is 13. The highest BCUT2D eigenvalue weighted by atomic mass is 16.4. The second kappa shape index (κ2) is 20.0. The zero-order valence-corrected chi connectivity index (χ0v) is 50.4. The normalized spacial score (nSPS) is 13.5. The van der Waals surface area contributed by atoms with Crippen molar-refractivity contribution in [2.24, 2.45) is 0 Å². The predicted molar refractivity (Wildman–Crippen MR) is 371 cm³/mol. The van der Waals surface area contributed by atoms with Crippen molar-refractivity contribution >= 4 is 11.0 Å². The number of hydrogen-bond donors (Lipinski definition) is 0. The van der Waals surface area contributed by atoms with Gasteiger partial charge in [0.15, 0.2) is 0 Å². The van der Waals surface area contributed by atoms with Gasteiger partial charge in [0.1, 0.15) is 0 Å². The summed E-state index contributed by atoms with van der Waals surface area (Å²) in [6, 6.07) is 109. The topological polar surface area (TPSA) is 104 Å². The van der Waals surface area contributed by atoms with Gasteiger partial charge in [-0.3, -0.25) is 0 Å². The van der Waals surface area contributed by atoms with Gasteiger partial charge in [0.25, 0.3) is 0 Å². The maximum atomic E-state index is 6.41. The van der Waals surface area contributed by atoms with Crippen LogP contribution in [0.2, 0.25) is 0 Å². The van der Waals surface area contributed by atoms with E-state index in [2.05, 4.69) is 239 Å². The van der Waals surface area contributed by atoms with Crippen LogP contribution in [0.15, 0.2) is 312 Å². The third-order valence-corrected chi connectivity index (χ3v) is 20.1. The van der Waals surface area contributed by atoms with Gasteiger partial charge in [-0.05, 0) is 184 Å². The fraction of sp³-hybridized carbons (Fsp3) is 0.0233. The van der Waals surface area contributed by atoms with E-state index in [1.54, 1.807) is 0 Å². The quantitative estimate of drug-likeness (QED) is 0.148. The SMILES string of the molecule is c1ccc(-c2nnc(-c3ccc4c(c3)C3(c5ccccc5-c5ccccc53)c3cc(-c5ccc(-c6nc7ccccc7nc6-c6ccc(-c7ccc8c(c7)C7(c9ccccc9-c9ccccc97)c7cc(-c9nnc(-c%10ccccc%10)o9)ccc7-8)cc6)cc5)ccc3-4)o2)cc1. The Balaban J connectivity index is 0.664. The van der Waals surface area contributed by atoms with Crippen molar-refractivity contribution in [1.29, 1.82) is 0 Å². The number of para-hydroxylation sites is 2. The van der Waals surface area contributed by atoms with Crippen molar-refractivity contribution in [3.05, 3.63) is 348 Å². The van der Waals surface area contributed by atoms with Crippen molar-refractivity contribution in [3.63, 3.8) is 0 Å². The van der Waals surface area contributed by atoms with E-state index in [-0.39, 0.29) is 0 Å². The molecule has 3 aromatic heterocycles. The van der Waals surface area contributed by atoms with E-state index in [0.717, 1.165) is 78.1 Å². The van der Waals surface area contributed by atoms with E-state index in [4.69, 9.17) is 18.8 Å². The van der Waals surface area contributed by atoms with E-state index >= 15 is 0 Å². The highest BCUT2D eigenvalue weighted by Gasteiger charge is 2.53. The minimum atomic E-state index is -0.600. The number of fused-ring (bicyclic) bond motifs is 21. The van der Waals surface area contributed by atoms with Crippen molar-refractivity contribution in [2.75, 3.05) is 0 Å². The van der Waals surface area contributed by atoms with Gasteiger partial charge in [0.05, 0.1) is 33.3 Å². The molecule has 0 unspecified atom stereocenters. The number of rotatable bonds is 8. The summed E-state index contributed by atoms with van der Waals surface area (Å²) in [6.45, 7) is 0. The molecule has 0 atom stereocenters. The summed E-state index contributed by atoms with van der Waals surface area (Å²) in [5.41, 5.74) is 31.7. The zero-order chi connectivity index (χ0) is 61.6. The van der Waals surface area contributed by atoms with Gasteiger partial charge in [-0.25, -0.2) is 9.97 Å². The molecule has 0 bridgehead atoms. The molecule has 4 aliphatic carbocycles. The number of hydrogen-bond acceptors (Lipinski definition) is 8. The van der Waals surface area contributed by atoms with Gasteiger partial charge in [-0.15, -0.1) is 20.4 Å². The Morgan fingerprint density at radius 3 is 0.798 bits per heavy atom. The van der Waals surface area contributed by atoms with Crippen LogP contribution in [-0.2, 0) is 10.8 Å². The van der Waals surface area contributed by atoms with Crippen molar-refractivity contribution in [3.8, 4) is 135 Å². The van der Waals surface area contributed by atoms with Crippen LogP contribution >= 0.6 is 0 Å². The second-order valence-electron chi connectivity index (χ2n) is 24.8. The Morgan fingerprint density at radius 1 is 0.191 bits per heavy atom. The monoisotopic (exact) mass is 1200 g/mol. The Bertz CT molecular complexity index is 5360. The average molecular weight is 1200 g/mol. The summed E-state index contributed by atoms with van der Waals surface area (Å²) in [5.74, 6) is 1.96. The first kappa shape index (κ1) is 52.3. The molecular weight excluding hydrogens is 1150 g/mol. The predicted octanol–water partition coefficient (Wildman–Crippen LogP) is 20.4. The highest BCUT2D eigenvalue weighted by Crippen LogP contribution is 2.65. The molecule has 4 aliphatic rings. The van der Waals surface area contributed by atoms with Crippen molar-refractivity contribution in [1.82, 2.24) is 30.4 Å². The van der Waals surface area contributed by atoms with Crippen molar-refractivity contribution in [2.45, 2.75) is 10.8 Å². The molecule has 16 aromatic rings. The first-order chi connectivity index (χ1) is 46.6. The van der Waals surface area contributed by atoms with E-state index in [0.29, 0.717) is 23.6 Å². The molecule has 20 rings (SSSR count). The summed E-state index contributed by atoms with van der Waals surface area (Å²) in [4.78, 5) is 10.8. The van der Waals surface area contributed by atoms with Crippen LogP contribution in [0.4, 0.5) is 0 Å². The molecular formula is C86H50N6O2. The molecule has 0 fully saturated rings. The minimum Gasteiger partial charge on any atom is -0.416 e. The molecule has 0 saturated heterocycles. The first-order valence-corrected chi connectivity index (χ1v) is 31.8. The first-order valence-electron chi connectivity index (χ1n) is 31.8. The Labute approximate surface area is 540 Å². The van der Waals surface area contributed by atoms with Crippen LogP contribution in [0.3, 0.4) is 0 Å². The maximum Gasteiger partial charge on any atom is 0.248 e. The summed E-state index contributed by atoms with van der Waals surface area (Å²) >= 11 is 0. The summed E-state index contributed by atoms with van der Waals surface area (Å²) in [6.07, 6.45) is 0. The van der Waals surface area contributed by atoms with Gasteiger partial charge in [-0.2, -0.15) is 0 Å². The summed E-state index contributed by atoms with van der Waals surface area (Å²) in [5, 5.41) is 18.2. The van der Waals surface area contributed by atoms with Gasteiger partial charge in [-0.1, -0.05) is 231 Å². The summed E-state index contributed by atoms with van der Waals surface area (Å²) in [7, 11) is 0. The Hall–Kier alpha value is -12.5. The van der Waals surface area contributed by atoms with Crippen LogP contribution in [0.1, 0.15) is 44.5 Å². The van der Waals surface area contributed by atoms with Crippen LogP contribution in [-0.4, -0.2) is 30.4 Å². The lowest BCUT2D eigenvalue weighted by Crippen LogP contribution is -2.26. The lowest BCUT2D eigenvalue weighted by molar-refractivity contribution is 0.584. The third-order valence-electron chi connectivity index (χ3n) is 20.1. The van der Waals surface area contributed by atoms with E-state index < -0.39 is 10.8 Å². The van der Waals surface area contributed by atoms with Crippen LogP contribution in [0.25, 0.3) is 146 Å². The van der Waals surface area contributed by atoms with Crippen molar-refractivity contribution < 1.29 is 8.83 Å². The molecule has 8 nitrogen and oxygen atoms in total. The fourth-order valence-corrected chi connectivity index (χ4v) is 16.0. The third kappa shape index (κ3) is 7.44. The fourth-order valence-electron chi connectivity index (χ4n) is 16.0. The average Bonchev–Trinajstić information content (AvgIpc) is 1.52. The van der Waals surface area contributed by atoms with Gasteiger partial charge < -0.3 is 8.83 Å². The number of aromatic nitrogens is 6. The standard InChI is InChI=1S/C86H50N6O2/c1-3-17-55(18-4-1)81-89-91-83(93-81)59-41-45-67-65-43-39-57(47-73(65)85(75(67)49-59)69-25-11-7-21-61(69)62-22-8-12-26-70(62)85)51-31-35-53(36-32-51)79-80(88-78-30-16-15-29-77(78)87-79)54-37-33-52(34-38-54)58-40-44-66-68-46-42-60(84-92-90-82(94-84)56-19-5-2-6-20-56)50-76(68)86(74(66)48-58)71-27-13-9-23-63(71)64-24-10-14-28-72(64)86/h1-50H. The molecule has 0 saturated carbocycles. The van der Waals surface area contributed by atoms with Gasteiger partial charge >= 0.3 is 0 Å². The molecule has 436 valence electrons. The number of nitrogens with zero attached hydrogens (tertiary/aromatic N) is 6. The molecule has 13 aromatic carbocycles. The van der Waals surface area contributed by atoms with Crippen LogP contribution < -0.4 is 0 Å². The minimum absolute atomic E-state index is 0.485. The van der Waals surface area contributed by atoms with E-state index in [1.807, 2.05) is 84.9 Å². The zero-order valence-electron chi connectivity index (χ0n) is 50.4. The van der Waals surface area contributed by atoms with Crippen LogP contribution in [0, 0.1) is 0 Å². The maximum absolute atomic E-state index is 6.41. The molecule has 3 heterocycles. The molecule has 0 amide bonds. The largest absolute Gasteiger partial charge is 0.416 e. The van der Waals surface area contributed by atoms with E-state index in [9.17, 15) is 0 Å². The Morgan fingerprint density at radius 2 is 0.447 bits per heavy atom. The lowest BCUT2D eigenvalue weighted by atomic mass is 9.70. The summed E-state index contributed by atoms with van der Waals surface area (Å²) < 4.78 is 12.8. The lowest BCUT2D eigenvalue weighted by Gasteiger charge is -2.31. The molecule has 0 radical (unpaired) electrons. The smallest absolute Gasteiger partial charge is 0.248 e. The molecule has 0 aliphatic heterocycles. The van der Waals surface area contributed by atoms with Gasteiger partial charge in [0.2, 0.25) is 23.6 Å². The van der Waals surface area contributed by atoms with E-state index in [1.165, 1.54) is 89.0 Å². The highest BCUT2D eigenvalue weighted by molar-refractivity contribution is 5.99. The molecule has 0 N–H and O–H groups in total.